The summed E-state index contributed by atoms with van der Waals surface area (Å²) in [6, 6.07) is 6.92. The summed E-state index contributed by atoms with van der Waals surface area (Å²) in [5, 5.41) is 13.3. The number of benzene rings is 1. The van der Waals surface area contributed by atoms with Gasteiger partial charge in [-0.15, -0.1) is 0 Å². The predicted octanol–water partition coefficient (Wildman–Crippen LogP) is 0.867. The van der Waals surface area contributed by atoms with Crippen molar-refractivity contribution in [1.82, 2.24) is 5.01 Å². The van der Waals surface area contributed by atoms with Gasteiger partial charge in [0.1, 0.15) is 0 Å². The summed E-state index contributed by atoms with van der Waals surface area (Å²) in [7, 11) is 1.70. The summed E-state index contributed by atoms with van der Waals surface area (Å²) in [5.41, 5.74) is 1.22. The molecule has 6 nitrogen and oxygen atoms in total. The first-order chi connectivity index (χ1) is 9.54. The predicted molar refractivity (Wildman–Crippen MR) is 72.8 cm³/mol. The minimum Gasteiger partial charge on any atom is -0.464 e. The highest BCUT2D eigenvalue weighted by molar-refractivity contribution is 5.82. The molecule has 0 spiro atoms. The van der Waals surface area contributed by atoms with E-state index in [4.69, 9.17) is 4.74 Å². The van der Waals surface area contributed by atoms with Crippen LogP contribution in [0.4, 0.5) is 5.69 Å². The minimum absolute atomic E-state index is 0.0429. The summed E-state index contributed by atoms with van der Waals surface area (Å²) in [4.78, 5) is 23.1. The van der Waals surface area contributed by atoms with Crippen LogP contribution in [0.25, 0.3) is 0 Å². The third kappa shape index (κ3) is 2.75. The fourth-order valence-electron chi connectivity index (χ4n) is 2.16. The minimum atomic E-state index is -1.31. The Morgan fingerprint density at radius 3 is 2.85 bits per heavy atom. The zero-order valence-electron chi connectivity index (χ0n) is 11.6. The van der Waals surface area contributed by atoms with Gasteiger partial charge in [-0.2, -0.15) is 0 Å². The standard InChI is InChI=1S/C14H18N2O4/c1-3-20-14(19)13(18)10-5-4-6-11(9-10)16-8-7-12(17)15(16)2/h4-6,9,13,18H,3,7-8H2,1-2H3. The molecule has 1 amide bonds. The van der Waals surface area contributed by atoms with Crippen molar-refractivity contribution in [3.63, 3.8) is 0 Å². The molecule has 0 aromatic heterocycles. The van der Waals surface area contributed by atoms with Crippen LogP contribution in [0.3, 0.4) is 0 Å². The van der Waals surface area contributed by atoms with Crippen LogP contribution in [0.2, 0.25) is 0 Å². The third-order valence-electron chi connectivity index (χ3n) is 3.25. The number of rotatable bonds is 4. The molecule has 1 fully saturated rings. The highest BCUT2D eigenvalue weighted by atomic mass is 16.5. The number of esters is 1. The second-order valence-electron chi connectivity index (χ2n) is 4.54. The summed E-state index contributed by atoms with van der Waals surface area (Å²) in [6.45, 7) is 2.50. The molecule has 20 heavy (non-hydrogen) atoms. The van der Waals surface area contributed by atoms with Crippen molar-refractivity contribution in [2.24, 2.45) is 0 Å². The summed E-state index contributed by atoms with van der Waals surface area (Å²) >= 11 is 0. The Labute approximate surface area is 117 Å². The highest BCUT2D eigenvalue weighted by Crippen LogP contribution is 2.25. The van der Waals surface area contributed by atoms with E-state index in [1.54, 1.807) is 32.2 Å². The van der Waals surface area contributed by atoms with Gasteiger partial charge in [-0.3, -0.25) is 14.8 Å². The number of nitrogens with zero attached hydrogens (tertiary/aromatic N) is 2. The molecule has 1 saturated heterocycles. The number of hydrazine groups is 1. The number of anilines is 1. The summed E-state index contributed by atoms with van der Waals surface area (Å²) < 4.78 is 4.79. The van der Waals surface area contributed by atoms with Crippen molar-refractivity contribution in [2.45, 2.75) is 19.4 Å². The van der Waals surface area contributed by atoms with E-state index in [1.807, 2.05) is 11.1 Å². The molecule has 6 heteroatoms. The average Bonchev–Trinajstić information content (AvgIpc) is 2.78. The van der Waals surface area contributed by atoms with Gasteiger partial charge in [-0.1, -0.05) is 12.1 Å². The van der Waals surface area contributed by atoms with Crippen LogP contribution in [-0.4, -0.2) is 42.2 Å². The molecule has 0 bridgehead atoms. The molecule has 0 radical (unpaired) electrons. The second kappa shape index (κ2) is 5.92. The smallest absolute Gasteiger partial charge is 0.339 e. The largest absolute Gasteiger partial charge is 0.464 e. The number of carbonyl (C=O) groups is 2. The Hall–Kier alpha value is -2.08. The van der Waals surface area contributed by atoms with Gasteiger partial charge < -0.3 is 9.84 Å². The van der Waals surface area contributed by atoms with Gasteiger partial charge in [-0.05, 0) is 24.6 Å². The topological polar surface area (TPSA) is 70.1 Å². The average molecular weight is 278 g/mol. The quantitative estimate of drug-likeness (QED) is 0.827. The number of aliphatic hydroxyl groups is 1. The maximum absolute atomic E-state index is 11.5. The number of ether oxygens (including phenoxy) is 1. The van der Waals surface area contributed by atoms with Crippen molar-refractivity contribution >= 4 is 17.6 Å². The van der Waals surface area contributed by atoms with Gasteiger partial charge in [0.25, 0.3) is 0 Å². The van der Waals surface area contributed by atoms with Gasteiger partial charge in [0.2, 0.25) is 5.91 Å². The van der Waals surface area contributed by atoms with Gasteiger partial charge in [0.05, 0.1) is 12.3 Å². The number of hydrogen-bond donors (Lipinski definition) is 1. The molecule has 1 heterocycles. The molecule has 1 aliphatic heterocycles. The van der Waals surface area contributed by atoms with Crippen LogP contribution >= 0.6 is 0 Å². The first-order valence-electron chi connectivity index (χ1n) is 6.53. The molecule has 2 rings (SSSR count). The monoisotopic (exact) mass is 278 g/mol. The van der Waals surface area contributed by atoms with E-state index < -0.39 is 12.1 Å². The van der Waals surface area contributed by atoms with Gasteiger partial charge in [0, 0.05) is 20.0 Å². The van der Waals surface area contributed by atoms with Crippen molar-refractivity contribution in [2.75, 3.05) is 25.2 Å². The zero-order valence-corrected chi connectivity index (χ0v) is 11.6. The van der Waals surface area contributed by atoms with E-state index in [0.717, 1.165) is 5.69 Å². The lowest BCUT2D eigenvalue weighted by molar-refractivity contribution is -0.153. The molecule has 108 valence electrons. The zero-order chi connectivity index (χ0) is 14.7. The lowest BCUT2D eigenvalue weighted by Crippen LogP contribution is -2.35. The first kappa shape index (κ1) is 14.3. The van der Waals surface area contributed by atoms with Crippen LogP contribution in [0, 0.1) is 0 Å². The molecule has 0 aliphatic carbocycles. The van der Waals surface area contributed by atoms with Crippen molar-refractivity contribution in [1.29, 1.82) is 0 Å². The number of amides is 1. The molecule has 1 atom stereocenters. The molecule has 1 aliphatic rings. The lowest BCUT2D eigenvalue weighted by atomic mass is 10.1. The lowest BCUT2D eigenvalue weighted by Gasteiger charge is -2.26. The number of aliphatic hydroxyl groups excluding tert-OH is 1. The fraction of sp³-hybridized carbons (Fsp3) is 0.429. The molecule has 1 aromatic carbocycles. The van der Waals surface area contributed by atoms with Gasteiger partial charge in [-0.25, -0.2) is 4.79 Å². The van der Waals surface area contributed by atoms with Gasteiger partial charge in [0.15, 0.2) is 6.10 Å². The van der Waals surface area contributed by atoms with Crippen molar-refractivity contribution in [3.05, 3.63) is 29.8 Å². The number of carbonyl (C=O) groups excluding carboxylic acids is 2. The van der Waals surface area contributed by atoms with E-state index in [0.29, 0.717) is 18.5 Å². The Kier molecular flexibility index (Phi) is 4.24. The SMILES string of the molecule is CCOC(=O)C(O)c1cccc(N2CCC(=O)N2C)c1. The van der Waals surface area contributed by atoms with E-state index >= 15 is 0 Å². The molecular formula is C14H18N2O4. The summed E-state index contributed by atoms with van der Waals surface area (Å²) in [5.74, 6) is -0.628. The Balaban J connectivity index is 2.20. The molecule has 1 N–H and O–H groups in total. The fourth-order valence-corrected chi connectivity index (χ4v) is 2.16. The first-order valence-corrected chi connectivity index (χ1v) is 6.53. The van der Waals surface area contributed by atoms with E-state index in [2.05, 4.69) is 0 Å². The molecule has 1 unspecified atom stereocenters. The number of hydrogen-bond acceptors (Lipinski definition) is 5. The van der Waals surface area contributed by atoms with E-state index in [9.17, 15) is 14.7 Å². The highest BCUT2D eigenvalue weighted by Gasteiger charge is 2.26. The summed E-state index contributed by atoms with van der Waals surface area (Å²) in [6.07, 6.45) is -0.847. The third-order valence-corrected chi connectivity index (χ3v) is 3.25. The molecule has 0 saturated carbocycles. The van der Waals surface area contributed by atoms with E-state index in [1.165, 1.54) is 5.01 Å². The molecular weight excluding hydrogens is 260 g/mol. The molecule has 1 aromatic rings. The van der Waals surface area contributed by atoms with Crippen LogP contribution < -0.4 is 5.01 Å². The van der Waals surface area contributed by atoms with Crippen molar-refractivity contribution < 1.29 is 19.4 Å². The Morgan fingerprint density at radius 1 is 1.50 bits per heavy atom. The van der Waals surface area contributed by atoms with E-state index in [-0.39, 0.29) is 12.5 Å². The maximum Gasteiger partial charge on any atom is 0.339 e. The van der Waals surface area contributed by atoms with Crippen molar-refractivity contribution in [3.8, 4) is 0 Å². The Morgan fingerprint density at radius 2 is 2.25 bits per heavy atom. The van der Waals surface area contributed by atoms with Crippen LogP contribution in [0.5, 0.6) is 0 Å². The van der Waals surface area contributed by atoms with Crippen LogP contribution in [-0.2, 0) is 14.3 Å². The second-order valence-corrected chi connectivity index (χ2v) is 4.54. The Bertz CT molecular complexity index is 518. The van der Waals surface area contributed by atoms with Gasteiger partial charge >= 0.3 is 5.97 Å². The maximum atomic E-state index is 11.5. The van der Waals surface area contributed by atoms with Crippen LogP contribution in [0.1, 0.15) is 25.0 Å². The normalized spacial score (nSPS) is 16.4. The van der Waals surface area contributed by atoms with Crippen LogP contribution in [0.15, 0.2) is 24.3 Å².